The number of rotatable bonds is 21. The number of carboxylic acid groups (broad SMARTS) is 7. The smallest absolute Gasteiger partial charge is 0.336 e. The lowest BCUT2D eigenvalue weighted by molar-refractivity contribution is -0.383. The summed E-state index contributed by atoms with van der Waals surface area (Å²) in [4.78, 5) is 78.9. The Kier molecular flexibility index (Phi) is 46.0. The molecule has 3 rings (SSSR count). The second-order valence-corrected chi connectivity index (χ2v) is 15.2. The Labute approximate surface area is 440 Å². The van der Waals surface area contributed by atoms with Crippen molar-refractivity contribution in [3.8, 4) is 0 Å². The molecule has 2 fully saturated rings. The first-order valence-corrected chi connectivity index (χ1v) is 21.9. The van der Waals surface area contributed by atoms with Crippen LogP contribution in [-0.2, 0) is 47.8 Å². The van der Waals surface area contributed by atoms with Crippen LogP contribution in [0.1, 0.15) is 49.9 Å². The highest BCUT2D eigenvalue weighted by molar-refractivity contribution is 5.88. The van der Waals surface area contributed by atoms with Crippen molar-refractivity contribution in [2.45, 2.75) is 130 Å². The molecule has 0 saturated carbocycles. The van der Waals surface area contributed by atoms with E-state index in [1.807, 2.05) is 0 Å². The number of benzene rings is 1. The van der Waals surface area contributed by atoms with Crippen molar-refractivity contribution >= 4 is 48.1 Å². The number of carbonyl (C=O) groups excluding carboxylic acids is 1. The fraction of sp³-hybridized carbons (Fsp3) is 0.667. The molecule has 1 aromatic rings. The van der Waals surface area contributed by atoms with Gasteiger partial charge in [-0.15, -0.1) is 0 Å². The normalized spacial score (nSPS) is 23.3. The highest BCUT2D eigenvalue weighted by Crippen LogP contribution is 2.36. The number of aromatic carboxylic acids is 1. The lowest BCUT2D eigenvalue weighted by Gasteiger charge is -2.43. The first-order valence-electron chi connectivity index (χ1n) is 21.9. The summed E-state index contributed by atoms with van der Waals surface area (Å²) in [6, 6.07) is 8.30. The van der Waals surface area contributed by atoms with E-state index in [1.165, 1.54) is 0 Å². The highest BCUT2D eigenvalue weighted by atomic mass is 16.8. The molecule has 456 valence electrons. The third kappa shape index (κ3) is 35.0. The van der Waals surface area contributed by atoms with Gasteiger partial charge in [0.25, 0.3) is 5.97 Å². The number of aldehydes is 1. The summed E-state index contributed by atoms with van der Waals surface area (Å²) in [5.41, 5.74) is -2.41. The molecule has 1 aromatic carbocycles. The van der Waals surface area contributed by atoms with E-state index in [-0.39, 0.29) is 38.9 Å². The van der Waals surface area contributed by atoms with Crippen molar-refractivity contribution in [1.29, 1.82) is 0 Å². The molecule has 36 nitrogen and oxygen atoms in total. The van der Waals surface area contributed by atoms with E-state index in [2.05, 4.69) is 0 Å². The molecule has 0 unspecified atom stereocenters. The molecule has 0 bridgehead atoms. The van der Waals surface area contributed by atoms with Gasteiger partial charge < -0.3 is 147 Å². The van der Waals surface area contributed by atoms with Crippen LogP contribution in [0, 0.1) is 0 Å². The monoisotopic (exact) mass is 1150 g/mol. The minimum Gasteiger partial charge on any atom is -0.481 e. The Bertz CT molecular complexity index is 1780. The van der Waals surface area contributed by atoms with Crippen molar-refractivity contribution in [1.82, 2.24) is 0 Å². The van der Waals surface area contributed by atoms with E-state index in [0.717, 1.165) is 6.92 Å². The van der Waals surface area contributed by atoms with Gasteiger partial charge in [0.1, 0.15) is 79.9 Å². The van der Waals surface area contributed by atoms with Crippen LogP contribution in [0.25, 0.3) is 0 Å². The third-order valence-corrected chi connectivity index (χ3v) is 8.77. The van der Waals surface area contributed by atoms with Crippen LogP contribution in [0.15, 0.2) is 30.3 Å². The van der Waals surface area contributed by atoms with Crippen molar-refractivity contribution in [3.63, 3.8) is 0 Å². The molecule has 2 aliphatic rings. The van der Waals surface area contributed by atoms with Crippen molar-refractivity contribution < 1.29 is 180 Å². The number of carboxylic acids is 7. The molecule has 78 heavy (non-hydrogen) atoms. The standard InChI is InChI=1S/C12H22O11.C7H6O2.C6H8O7.C6H12O6.C4H6O4.C3H8O3.C2H4O2.C2H6O/c13-1-4-6(16)8(18)9(19)11(21-4)23-12(3-15)10(20)7(17)5(2-14)22-12;8-7(9)6-4-2-1-3-5-6;7-3(8)1-6(13,5(11)12)2-4(9)10;7-1-3(9)5(11)6(12)4(10)2-8;5-3(6)1-2-4(7)8;4-1-3(6)2-5;1-2(3)4;1-2-3/h4-11,13-20H,1-3H2;1-5H,(H,8,9);13H,1-2H2,(H,7,8)(H,9,10)(H,11,12);1,3-6,8-12H,2H2;1-2H2,(H,5,6)(H,7,8);3-6H,1-2H2;1H3,(H,3,4);3H,2H2,1H3/t4-,5-,6-,7-,8+,9-,10+,11-,12+;;;3-,4+,5+,6+;;;;/m1..0..../s1. The number of aliphatic carboxylic acids is 6. The van der Waals surface area contributed by atoms with Crippen LogP contribution in [0.2, 0.25) is 0 Å². The fourth-order valence-corrected chi connectivity index (χ4v) is 4.82. The Morgan fingerprint density at radius 1 is 0.641 bits per heavy atom. The zero-order valence-electron chi connectivity index (χ0n) is 41.4. The van der Waals surface area contributed by atoms with E-state index >= 15 is 0 Å². The van der Waals surface area contributed by atoms with Crippen LogP contribution in [0.3, 0.4) is 0 Å². The second-order valence-electron chi connectivity index (χ2n) is 15.2. The zero-order chi connectivity index (χ0) is 62.3. The molecule has 0 aromatic heterocycles. The predicted molar refractivity (Wildman–Crippen MR) is 247 cm³/mol. The average molecular weight is 1150 g/mol. The zero-order valence-corrected chi connectivity index (χ0v) is 41.4. The molecule has 2 saturated heterocycles. The van der Waals surface area contributed by atoms with E-state index in [0.29, 0.717) is 5.56 Å². The fourth-order valence-electron chi connectivity index (χ4n) is 4.82. The summed E-state index contributed by atoms with van der Waals surface area (Å²) >= 11 is 0. The van der Waals surface area contributed by atoms with Crippen LogP contribution >= 0.6 is 0 Å². The van der Waals surface area contributed by atoms with Crippen LogP contribution < -0.4 is 0 Å². The molecule has 0 aliphatic carbocycles. The van der Waals surface area contributed by atoms with E-state index in [1.54, 1.807) is 37.3 Å². The Morgan fingerprint density at radius 2 is 1.06 bits per heavy atom. The maximum absolute atomic E-state index is 10.3. The summed E-state index contributed by atoms with van der Waals surface area (Å²) in [6.07, 6.45) is -23.3. The summed E-state index contributed by atoms with van der Waals surface area (Å²) < 4.78 is 15.4. The van der Waals surface area contributed by atoms with Crippen LogP contribution in [-0.4, -0.2) is 313 Å². The summed E-state index contributed by atoms with van der Waals surface area (Å²) in [5.74, 6) is -11.1. The number of ether oxygens (including phenoxy) is 3. The van der Waals surface area contributed by atoms with Gasteiger partial charge in [-0.2, -0.15) is 0 Å². The lowest BCUT2D eigenvalue weighted by Crippen LogP contribution is -2.62. The number of hydrogen-bond donors (Lipinski definition) is 25. The van der Waals surface area contributed by atoms with Gasteiger partial charge in [0.05, 0.1) is 64.3 Å². The van der Waals surface area contributed by atoms with Gasteiger partial charge in [0.15, 0.2) is 18.2 Å². The van der Waals surface area contributed by atoms with Crippen molar-refractivity contribution in [3.05, 3.63) is 35.9 Å². The maximum Gasteiger partial charge on any atom is 0.336 e. The largest absolute Gasteiger partial charge is 0.481 e. The highest BCUT2D eigenvalue weighted by Gasteiger charge is 2.58. The van der Waals surface area contributed by atoms with Gasteiger partial charge in [-0.25, -0.2) is 9.59 Å². The molecular weight excluding hydrogens is 1080 g/mol. The van der Waals surface area contributed by atoms with Gasteiger partial charge in [0, 0.05) is 13.5 Å². The number of aliphatic hydroxyl groups is 18. The Balaban J connectivity index is -0.000000281. The van der Waals surface area contributed by atoms with Gasteiger partial charge >= 0.3 is 35.8 Å². The SMILES string of the molecule is CC(=O)O.CCO.O=C(O)CC(O)(CC(=O)O)C(=O)O.O=C(O)CCC(=O)O.O=C(O)c1ccccc1.O=C[C@H](O)[C@@H](O)[C@H](O)[C@H](O)CO.OCC(O)CO.OC[C@H]1O[C@@](CO)(O[C@H]2O[C@H](CO)[C@@H](O)[C@H](O)[C@H]2O)[C@@H](O)[C@@H]1O. The Hall–Kier alpha value is -5.66. The molecule has 0 spiro atoms. The van der Waals surface area contributed by atoms with Crippen LogP contribution in [0.5, 0.6) is 0 Å². The molecule has 0 radical (unpaired) electrons. The van der Waals surface area contributed by atoms with Crippen molar-refractivity contribution in [2.24, 2.45) is 0 Å². The topological polar surface area (TPSA) is 670 Å². The predicted octanol–water partition coefficient (Wildman–Crippen LogP) is -10.3. The first kappa shape index (κ1) is 81.2. The first-order chi connectivity index (χ1) is 36.0. The quantitative estimate of drug-likeness (QED) is 0.0508. The van der Waals surface area contributed by atoms with Gasteiger partial charge in [-0.05, 0) is 19.1 Å². The molecule has 36 heteroatoms. The van der Waals surface area contributed by atoms with Gasteiger partial charge in [-0.1, -0.05) is 18.2 Å². The van der Waals surface area contributed by atoms with Crippen LogP contribution in [0.4, 0.5) is 0 Å². The van der Waals surface area contributed by atoms with E-state index in [9.17, 15) is 64.2 Å². The van der Waals surface area contributed by atoms with E-state index in [4.69, 9.17) is 116 Å². The molecular formula is C42H72O36. The van der Waals surface area contributed by atoms with Gasteiger partial charge in [0.2, 0.25) is 5.79 Å². The van der Waals surface area contributed by atoms with Gasteiger partial charge in [-0.3, -0.25) is 24.0 Å². The molecule has 2 aliphatic heterocycles. The number of hydrogen-bond acceptors (Lipinski definition) is 29. The van der Waals surface area contributed by atoms with Crippen molar-refractivity contribution in [2.75, 3.05) is 46.2 Å². The third-order valence-electron chi connectivity index (χ3n) is 8.77. The summed E-state index contributed by atoms with van der Waals surface area (Å²) in [5, 5.41) is 217. The molecule has 2 heterocycles. The van der Waals surface area contributed by atoms with E-state index < -0.39 is 172 Å². The Morgan fingerprint density at radius 3 is 1.33 bits per heavy atom. The lowest BCUT2D eigenvalue weighted by atomic mass is 9.96. The second kappa shape index (κ2) is 44.2. The molecule has 0 amide bonds. The number of carbonyl (C=O) groups is 8. The maximum atomic E-state index is 10.3. The molecule has 13 atom stereocenters. The summed E-state index contributed by atoms with van der Waals surface area (Å²) in [7, 11) is 0. The minimum absolute atomic E-state index is 0.0258. The summed E-state index contributed by atoms with van der Waals surface area (Å²) in [6.45, 7) is -0.798. The average Bonchev–Trinajstić information content (AvgIpc) is 3.62. The number of aliphatic hydroxyl groups excluding tert-OH is 17. The minimum atomic E-state index is -2.74. The molecule has 25 N–H and O–H groups in total.